The Hall–Kier alpha value is -2.00. The smallest absolute Gasteiger partial charge is 0.234 e. The third-order valence-electron chi connectivity index (χ3n) is 2.88. The molecule has 2 aromatic rings. The number of imidazole rings is 1. The van der Waals surface area contributed by atoms with Gasteiger partial charge in [0.2, 0.25) is 5.82 Å². The minimum atomic E-state index is -0.0183. The van der Waals surface area contributed by atoms with Gasteiger partial charge in [-0.1, -0.05) is 0 Å². The van der Waals surface area contributed by atoms with Gasteiger partial charge in [0.15, 0.2) is 5.65 Å². The molecule has 0 amide bonds. The molecule has 1 fully saturated rings. The highest BCUT2D eigenvalue weighted by Gasteiger charge is 2.18. The van der Waals surface area contributed by atoms with Crippen molar-refractivity contribution in [2.24, 2.45) is 0 Å². The van der Waals surface area contributed by atoms with Crippen LogP contribution in [0.2, 0.25) is 0 Å². The molecule has 17 heavy (non-hydrogen) atoms. The number of nitriles is 1. The highest BCUT2D eigenvalue weighted by atomic mass is 16.5. The van der Waals surface area contributed by atoms with E-state index >= 15 is 0 Å². The highest BCUT2D eigenvalue weighted by Crippen LogP contribution is 2.25. The quantitative estimate of drug-likeness (QED) is 0.738. The van der Waals surface area contributed by atoms with Crippen molar-refractivity contribution in [2.45, 2.75) is 25.5 Å². The molecule has 3 heterocycles. The van der Waals surface area contributed by atoms with Crippen LogP contribution in [0.25, 0.3) is 11.2 Å². The predicted molar refractivity (Wildman–Crippen MR) is 58.9 cm³/mol. The van der Waals surface area contributed by atoms with Crippen LogP contribution in [-0.4, -0.2) is 26.1 Å². The molecular weight excluding hydrogens is 218 g/mol. The summed E-state index contributed by atoms with van der Waals surface area (Å²) >= 11 is 0. The molecule has 1 aliphatic rings. The Labute approximate surface area is 97.9 Å². The van der Waals surface area contributed by atoms with E-state index in [-0.39, 0.29) is 12.1 Å². The van der Waals surface area contributed by atoms with Gasteiger partial charge in [-0.15, -0.1) is 0 Å². The third-order valence-corrected chi connectivity index (χ3v) is 2.88. The van der Waals surface area contributed by atoms with Gasteiger partial charge in [0, 0.05) is 6.61 Å². The Morgan fingerprint density at radius 2 is 2.35 bits per heavy atom. The van der Waals surface area contributed by atoms with Gasteiger partial charge in [-0.05, 0) is 19.3 Å². The molecule has 1 saturated heterocycles. The SMILES string of the molecule is N#Cc1ncc2ncn(C3CCCCO3)c2n1. The molecule has 6 nitrogen and oxygen atoms in total. The Morgan fingerprint density at radius 3 is 3.12 bits per heavy atom. The van der Waals surface area contributed by atoms with Crippen LogP contribution < -0.4 is 0 Å². The molecule has 3 rings (SSSR count). The molecule has 0 aromatic carbocycles. The Morgan fingerprint density at radius 1 is 1.41 bits per heavy atom. The van der Waals surface area contributed by atoms with Crippen LogP contribution >= 0.6 is 0 Å². The fourth-order valence-corrected chi connectivity index (χ4v) is 2.03. The highest BCUT2D eigenvalue weighted by molar-refractivity contribution is 5.69. The van der Waals surface area contributed by atoms with Crippen LogP contribution in [0.3, 0.4) is 0 Å². The van der Waals surface area contributed by atoms with E-state index in [2.05, 4.69) is 15.0 Å². The zero-order chi connectivity index (χ0) is 11.7. The minimum absolute atomic E-state index is 0.0183. The summed E-state index contributed by atoms with van der Waals surface area (Å²) in [5, 5.41) is 8.80. The van der Waals surface area contributed by atoms with Gasteiger partial charge in [-0.25, -0.2) is 9.97 Å². The summed E-state index contributed by atoms with van der Waals surface area (Å²) in [7, 11) is 0. The van der Waals surface area contributed by atoms with Gasteiger partial charge in [0.1, 0.15) is 17.8 Å². The molecule has 0 N–H and O–H groups in total. The van der Waals surface area contributed by atoms with E-state index < -0.39 is 0 Å². The Balaban J connectivity index is 2.06. The van der Waals surface area contributed by atoms with E-state index in [1.165, 1.54) is 0 Å². The van der Waals surface area contributed by atoms with E-state index in [4.69, 9.17) is 10.00 Å². The lowest BCUT2D eigenvalue weighted by atomic mass is 10.2. The van der Waals surface area contributed by atoms with Crippen molar-refractivity contribution >= 4 is 11.2 Å². The monoisotopic (exact) mass is 229 g/mol. The number of fused-ring (bicyclic) bond motifs is 1. The lowest BCUT2D eigenvalue weighted by molar-refractivity contribution is -0.0298. The summed E-state index contributed by atoms with van der Waals surface area (Å²) in [6, 6.07) is 1.93. The number of hydrogen-bond donors (Lipinski definition) is 0. The van der Waals surface area contributed by atoms with E-state index in [0.29, 0.717) is 11.2 Å². The van der Waals surface area contributed by atoms with Crippen LogP contribution in [0.5, 0.6) is 0 Å². The van der Waals surface area contributed by atoms with Crippen molar-refractivity contribution in [3.05, 3.63) is 18.3 Å². The summed E-state index contributed by atoms with van der Waals surface area (Å²) in [6.45, 7) is 0.764. The Bertz CT molecular complexity index is 579. The maximum Gasteiger partial charge on any atom is 0.234 e. The molecule has 0 saturated carbocycles. The normalized spacial score (nSPS) is 20.3. The van der Waals surface area contributed by atoms with Crippen LogP contribution in [0, 0.1) is 11.3 Å². The number of rotatable bonds is 1. The van der Waals surface area contributed by atoms with Crippen molar-refractivity contribution in [1.29, 1.82) is 5.26 Å². The summed E-state index contributed by atoms with van der Waals surface area (Å²) in [5.41, 5.74) is 1.36. The second kappa shape index (κ2) is 4.11. The van der Waals surface area contributed by atoms with Crippen LogP contribution in [0.1, 0.15) is 31.3 Å². The van der Waals surface area contributed by atoms with Gasteiger partial charge in [0.25, 0.3) is 0 Å². The molecule has 1 aliphatic heterocycles. The van der Waals surface area contributed by atoms with Gasteiger partial charge in [-0.3, -0.25) is 4.57 Å². The average Bonchev–Trinajstić information content (AvgIpc) is 2.82. The van der Waals surface area contributed by atoms with E-state index in [1.807, 2.05) is 10.6 Å². The molecule has 86 valence electrons. The van der Waals surface area contributed by atoms with Crippen LogP contribution in [-0.2, 0) is 4.74 Å². The summed E-state index contributed by atoms with van der Waals surface area (Å²) in [5.74, 6) is 0.162. The largest absolute Gasteiger partial charge is 0.358 e. The summed E-state index contributed by atoms with van der Waals surface area (Å²) in [4.78, 5) is 12.3. The van der Waals surface area contributed by atoms with Gasteiger partial charge >= 0.3 is 0 Å². The predicted octanol–water partition coefficient (Wildman–Crippen LogP) is 1.40. The zero-order valence-corrected chi connectivity index (χ0v) is 9.20. The first-order valence-electron chi connectivity index (χ1n) is 5.60. The maximum absolute atomic E-state index is 8.80. The second-order valence-electron chi connectivity index (χ2n) is 3.99. The molecule has 0 radical (unpaired) electrons. The number of ether oxygens (including phenoxy) is 1. The van der Waals surface area contributed by atoms with Crippen molar-refractivity contribution in [1.82, 2.24) is 19.5 Å². The second-order valence-corrected chi connectivity index (χ2v) is 3.99. The molecule has 6 heteroatoms. The van der Waals surface area contributed by atoms with Gasteiger partial charge < -0.3 is 4.74 Å². The summed E-state index contributed by atoms with van der Waals surface area (Å²) in [6.07, 6.45) is 6.45. The van der Waals surface area contributed by atoms with E-state index in [0.717, 1.165) is 25.9 Å². The van der Waals surface area contributed by atoms with Crippen molar-refractivity contribution in [2.75, 3.05) is 6.61 Å². The fraction of sp³-hybridized carbons (Fsp3) is 0.455. The molecule has 0 spiro atoms. The van der Waals surface area contributed by atoms with Crippen molar-refractivity contribution < 1.29 is 4.74 Å². The van der Waals surface area contributed by atoms with Gasteiger partial charge in [-0.2, -0.15) is 10.2 Å². The van der Waals surface area contributed by atoms with Crippen LogP contribution in [0.15, 0.2) is 12.5 Å². The fourth-order valence-electron chi connectivity index (χ4n) is 2.03. The standard InChI is InChI=1S/C11H11N5O/c12-5-9-13-6-8-11(15-9)16(7-14-8)10-3-1-2-4-17-10/h6-7,10H,1-4H2. The molecule has 1 unspecified atom stereocenters. The van der Waals surface area contributed by atoms with Crippen LogP contribution in [0.4, 0.5) is 0 Å². The first kappa shape index (κ1) is 10.2. The van der Waals surface area contributed by atoms with E-state index in [1.54, 1.807) is 12.5 Å². The van der Waals surface area contributed by atoms with Gasteiger partial charge in [0.05, 0.1) is 12.5 Å². The molecule has 0 aliphatic carbocycles. The first-order chi connectivity index (χ1) is 8.38. The summed E-state index contributed by atoms with van der Waals surface area (Å²) < 4.78 is 7.57. The number of hydrogen-bond acceptors (Lipinski definition) is 5. The average molecular weight is 229 g/mol. The lowest BCUT2D eigenvalue weighted by Crippen LogP contribution is -2.17. The van der Waals surface area contributed by atoms with Crippen molar-refractivity contribution in [3.8, 4) is 6.07 Å². The minimum Gasteiger partial charge on any atom is -0.358 e. The lowest BCUT2D eigenvalue weighted by Gasteiger charge is -2.23. The number of aromatic nitrogens is 4. The Kier molecular flexibility index (Phi) is 2.46. The third kappa shape index (κ3) is 1.74. The molecule has 1 atom stereocenters. The molecule has 0 bridgehead atoms. The maximum atomic E-state index is 8.80. The molecule has 2 aromatic heterocycles. The van der Waals surface area contributed by atoms with Crippen molar-refractivity contribution in [3.63, 3.8) is 0 Å². The van der Waals surface area contributed by atoms with E-state index in [9.17, 15) is 0 Å². The number of nitrogens with zero attached hydrogens (tertiary/aromatic N) is 5. The first-order valence-corrected chi connectivity index (χ1v) is 5.60. The topological polar surface area (TPSA) is 76.6 Å². The molecular formula is C11H11N5O. The zero-order valence-electron chi connectivity index (χ0n) is 9.20.